The molecular formula is C15H23N3. The number of hydrogen-bond acceptors (Lipinski definition) is 3. The molecule has 2 aliphatic rings. The van der Waals surface area contributed by atoms with Crippen LogP contribution in [-0.2, 0) is 12.8 Å². The van der Waals surface area contributed by atoms with Crippen molar-refractivity contribution in [2.45, 2.75) is 51.9 Å². The number of nitrogens with one attached hydrogen (secondary N) is 1. The van der Waals surface area contributed by atoms with Crippen LogP contribution in [0.4, 0.5) is 5.82 Å². The SMILES string of the molecule is CC1CCCC(CNc2ncnc3c2CCC3)C1. The standard InChI is InChI=1S/C15H23N3/c1-11-4-2-5-12(8-11)9-16-15-13-6-3-7-14(13)17-10-18-15/h10-12H,2-9H2,1H3,(H,16,17,18). The highest BCUT2D eigenvalue weighted by molar-refractivity contribution is 5.47. The van der Waals surface area contributed by atoms with Crippen LogP contribution in [0.5, 0.6) is 0 Å². The Hall–Kier alpha value is -1.12. The number of fused-ring (bicyclic) bond motifs is 1. The lowest BCUT2D eigenvalue weighted by Gasteiger charge is -2.27. The molecule has 0 saturated heterocycles. The molecule has 0 aliphatic heterocycles. The van der Waals surface area contributed by atoms with Gasteiger partial charge in [-0.25, -0.2) is 9.97 Å². The maximum Gasteiger partial charge on any atom is 0.132 e. The Labute approximate surface area is 109 Å². The maximum absolute atomic E-state index is 4.43. The van der Waals surface area contributed by atoms with Gasteiger partial charge >= 0.3 is 0 Å². The molecule has 0 spiro atoms. The highest BCUT2D eigenvalue weighted by Gasteiger charge is 2.20. The molecule has 1 aromatic rings. The Balaban J connectivity index is 1.61. The number of anilines is 1. The quantitative estimate of drug-likeness (QED) is 0.888. The Morgan fingerprint density at radius 2 is 2.17 bits per heavy atom. The monoisotopic (exact) mass is 245 g/mol. The summed E-state index contributed by atoms with van der Waals surface area (Å²) in [6.45, 7) is 3.47. The van der Waals surface area contributed by atoms with Crippen molar-refractivity contribution < 1.29 is 0 Å². The van der Waals surface area contributed by atoms with Crippen LogP contribution < -0.4 is 5.32 Å². The lowest BCUT2D eigenvalue weighted by molar-refractivity contribution is 0.293. The van der Waals surface area contributed by atoms with E-state index in [0.29, 0.717) is 0 Å². The molecule has 1 N–H and O–H groups in total. The van der Waals surface area contributed by atoms with Crippen molar-refractivity contribution in [1.29, 1.82) is 0 Å². The van der Waals surface area contributed by atoms with Crippen molar-refractivity contribution >= 4 is 5.82 Å². The fourth-order valence-corrected chi connectivity index (χ4v) is 3.50. The minimum atomic E-state index is 0.834. The molecule has 18 heavy (non-hydrogen) atoms. The van der Waals surface area contributed by atoms with Crippen molar-refractivity contribution in [3.8, 4) is 0 Å². The molecule has 2 unspecified atom stereocenters. The first-order valence-corrected chi connectivity index (χ1v) is 7.39. The third-order valence-corrected chi connectivity index (χ3v) is 4.48. The van der Waals surface area contributed by atoms with Gasteiger partial charge in [0.15, 0.2) is 0 Å². The lowest BCUT2D eigenvalue weighted by Crippen LogP contribution is -2.21. The lowest BCUT2D eigenvalue weighted by atomic mass is 9.82. The zero-order valence-corrected chi connectivity index (χ0v) is 11.3. The van der Waals surface area contributed by atoms with Crippen LogP contribution in [0.25, 0.3) is 0 Å². The molecule has 98 valence electrons. The van der Waals surface area contributed by atoms with Gasteiger partial charge in [0.25, 0.3) is 0 Å². The van der Waals surface area contributed by atoms with Gasteiger partial charge in [0, 0.05) is 17.8 Å². The summed E-state index contributed by atoms with van der Waals surface area (Å²) in [5, 5.41) is 3.58. The topological polar surface area (TPSA) is 37.8 Å². The minimum Gasteiger partial charge on any atom is -0.369 e. The van der Waals surface area contributed by atoms with Crippen molar-refractivity contribution in [1.82, 2.24) is 9.97 Å². The summed E-state index contributed by atoms with van der Waals surface area (Å²) >= 11 is 0. The first-order valence-electron chi connectivity index (χ1n) is 7.39. The molecule has 2 atom stereocenters. The highest BCUT2D eigenvalue weighted by Crippen LogP contribution is 2.30. The molecule has 0 radical (unpaired) electrons. The van der Waals surface area contributed by atoms with E-state index >= 15 is 0 Å². The summed E-state index contributed by atoms with van der Waals surface area (Å²) in [6, 6.07) is 0. The van der Waals surface area contributed by atoms with Crippen molar-refractivity contribution in [3.63, 3.8) is 0 Å². The fourth-order valence-electron chi connectivity index (χ4n) is 3.50. The van der Waals surface area contributed by atoms with Gasteiger partial charge in [-0.2, -0.15) is 0 Å². The molecule has 2 aliphatic carbocycles. The zero-order valence-electron chi connectivity index (χ0n) is 11.3. The molecular weight excluding hydrogens is 222 g/mol. The van der Waals surface area contributed by atoms with E-state index in [1.807, 2.05) is 0 Å². The molecule has 1 fully saturated rings. The van der Waals surface area contributed by atoms with Crippen LogP contribution >= 0.6 is 0 Å². The summed E-state index contributed by atoms with van der Waals surface area (Å²) in [5.41, 5.74) is 2.64. The summed E-state index contributed by atoms with van der Waals surface area (Å²) in [4.78, 5) is 8.81. The van der Waals surface area contributed by atoms with Gasteiger partial charge in [-0.3, -0.25) is 0 Å². The molecule has 0 aromatic carbocycles. The Morgan fingerprint density at radius 3 is 3.06 bits per heavy atom. The van der Waals surface area contributed by atoms with Crippen LogP contribution in [-0.4, -0.2) is 16.5 Å². The summed E-state index contributed by atoms with van der Waals surface area (Å²) < 4.78 is 0. The molecule has 0 bridgehead atoms. The van der Waals surface area contributed by atoms with Crippen molar-refractivity contribution in [2.24, 2.45) is 11.8 Å². The van der Waals surface area contributed by atoms with Crippen molar-refractivity contribution in [2.75, 3.05) is 11.9 Å². The van der Waals surface area contributed by atoms with E-state index in [4.69, 9.17) is 0 Å². The van der Waals surface area contributed by atoms with Gasteiger partial charge in [-0.15, -0.1) is 0 Å². The van der Waals surface area contributed by atoms with Gasteiger partial charge < -0.3 is 5.32 Å². The van der Waals surface area contributed by atoms with Gasteiger partial charge in [0.1, 0.15) is 12.1 Å². The first kappa shape index (κ1) is 11.9. The molecule has 1 aromatic heterocycles. The molecule has 3 rings (SSSR count). The fraction of sp³-hybridized carbons (Fsp3) is 0.733. The predicted octanol–water partition coefficient (Wildman–Crippen LogP) is 3.20. The minimum absolute atomic E-state index is 0.834. The number of aromatic nitrogens is 2. The average Bonchev–Trinajstić information content (AvgIpc) is 2.85. The third kappa shape index (κ3) is 2.50. The van der Waals surface area contributed by atoms with E-state index in [1.165, 1.54) is 43.4 Å². The largest absolute Gasteiger partial charge is 0.369 e. The molecule has 0 amide bonds. The van der Waals surface area contributed by atoms with Gasteiger partial charge in [0.2, 0.25) is 0 Å². The van der Waals surface area contributed by atoms with Gasteiger partial charge in [-0.05, 0) is 43.9 Å². The third-order valence-electron chi connectivity index (χ3n) is 4.48. The Morgan fingerprint density at radius 1 is 1.22 bits per heavy atom. The second kappa shape index (κ2) is 5.25. The van der Waals surface area contributed by atoms with Crippen LogP contribution in [0.2, 0.25) is 0 Å². The summed E-state index contributed by atoms with van der Waals surface area (Å²) in [6.07, 6.45) is 10.8. The summed E-state index contributed by atoms with van der Waals surface area (Å²) in [5.74, 6) is 2.85. The molecule has 3 heteroatoms. The van der Waals surface area contributed by atoms with Gasteiger partial charge in [-0.1, -0.05) is 19.8 Å². The Bertz CT molecular complexity index is 416. The highest BCUT2D eigenvalue weighted by atomic mass is 15.0. The normalized spacial score (nSPS) is 26.9. The molecule has 3 nitrogen and oxygen atoms in total. The van der Waals surface area contributed by atoms with Gasteiger partial charge in [0.05, 0.1) is 0 Å². The van der Waals surface area contributed by atoms with E-state index in [2.05, 4.69) is 22.2 Å². The van der Waals surface area contributed by atoms with E-state index in [0.717, 1.165) is 37.0 Å². The second-order valence-corrected chi connectivity index (χ2v) is 6.02. The predicted molar refractivity (Wildman–Crippen MR) is 73.7 cm³/mol. The van der Waals surface area contributed by atoms with Crippen LogP contribution in [0, 0.1) is 11.8 Å². The zero-order chi connectivity index (χ0) is 12.4. The summed E-state index contributed by atoms with van der Waals surface area (Å²) in [7, 11) is 0. The van der Waals surface area contributed by atoms with Crippen molar-refractivity contribution in [3.05, 3.63) is 17.6 Å². The first-order chi connectivity index (χ1) is 8.83. The van der Waals surface area contributed by atoms with Crippen LogP contribution in [0.3, 0.4) is 0 Å². The smallest absolute Gasteiger partial charge is 0.132 e. The molecule has 1 heterocycles. The van der Waals surface area contributed by atoms with E-state index in [-0.39, 0.29) is 0 Å². The number of hydrogen-bond donors (Lipinski definition) is 1. The number of rotatable bonds is 3. The maximum atomic E-state index is 4.43. The number of aryl methyl sites for hydroxylation is 1. The average molecular weight is 245 g/mol. The second-order valence-electron chi connectivity index (χ2n) is 6.02. The molecule has 1 saturated carbocycles. The van der Waals surface area contributed by atoms with E-state index in [1.54, 1.807) is 6.33 Å². The van der Waals surface area contributed by atoms with Crippen LogP contribution in [0.1, 0.15) is 50.3 Å². The Kier molecular flexibility index (Phi) is 3.48. The van der Waals surface area contributed by atoms with E-state index in [9.17, 15) is 0 Å². The van der Waals surface area contributed by atoms with E-state index < -0.39 is 0 Å². The van der Waals surface area contributed by atoms with Crippen LogP contribution in [0.15, 0.2) is 6.33 Å². The number of nitrogens with zero attached hydrogens (tertiary/aromatic N) is 2.